The molecule has 4 nitrogen and oxygen atoms in total. The van der Waals surface area contributed by atoms with Gasteiger partial charge in [-0.2, -0.15) is 0 Å². The summed E-state index contributed by atoms with van der Waals surface area (Å²) in [4.78, 5) is 2.41. The second-order valence-electron chi connectivity index (χ2n) is 6.32. The maximum Gasteiger partial charge on any atom is 0.175 e. The quantitative estimate of drug-likeness (QED) is 0.483. The van der Waals surface area contributed by atoms with Crippen LogP contribution in [0.4, 0.5) is 0 Å². The Morgan fingerprint density at radius 2 is 1.70 bits per heavy atom. The van der Waals surface area contributed by atoms with Gasteiger partial charge in [0.2, 0.25) is 0 Å². The zero-order chi connectivity index (χ0) is 19.5. The summed E-state index contributed by atoms with van der Waals surface area (Å²) in [5.74, 6) is 1.54. The van der Waals surface area contributed by atoms with Gasteiger partial charge in [0.05, 0.1) is 11.1 Å². The molecule has 0 atom stereocenters. The zero-order valence-electron chi connectivity index (χ0n) is 16.6. The van der Waals surface area contributed by atoms with E-state index in [-0.39, 0.29) is 0 Å². The van der Waals surface area contributed by atoms with Gasteiger partial charge in [0.15, 0.2) is 11.5 Å². The van der Waals surface area contributed by atoms with E-state index < -0.39 is 0 Å². The summed E-state index contributed by atoms with van der Waals surface area (Å²) in [7, 11) is 0. The monoisotopic (exact) mass is 434 g/mol. The van der Waals surface area contributed by atoms with Crippen LogP contribution in [-0.4, -0.2) is 37.7 Å². The maximum atomic E-state index is 6.05. The number of rotatable bonds is 12. The Kier molecular flexibility index (Phi) is 9.67. The smallest absolute Gasteiger partial charge is 0.175 e. The van der Waals surface area contributed by atoms with E-state index >= 15 is 0 Å². The van der Waals surface area contributed by atoms with Crippen molar-refractivity contribution in [2.45, 2.75) is 33.9 Å². The van der Waals surface area contributed by atoms with Gasteiger partial charge >= 0.3 is 0 Å². The molecule has 5 heteroatoms. The summed E-state index contributed by atoms with van der Waals surface area (Å²) in [5, 5.41) is 3.52. The van der Waals surface area contributed by atoms with Gasteiger partial charge in [0.1, 0.15) is 6.61 Å². The summed E-state index contributed by atoms with van der Waals surface area (Å²) in [6.07, 6.45) is 0. The highest BCUT2D eigenvalue weighted by molar-refractivity contribution is 9.10. The molecule has 0 spiro atoms. The van der Waals surface area contributed by atoms with Crippen molar-refractivity contribution in [3.8, 4) is 11.5 Å². The second kappa shape index (κ2) is 12.0. The number of nitrogens with one attached hydrogen (secondary N) is 1. The van der Waals surface area contributed by atoms with Gasteiger partial charge in [-0.1, -0.05) is 44.2 Å². The van der Waals surface area contributed by atoms with Gasteiger partial charge in [-0.25, -0.2) is 0 Å². The number of benzene rings is 2. The van der Waals surface area contributed by atoms with Gasteiger partial charge in [0, 0.05) is 19.6 Å². The zero-order valence-corrected chi connectivity index (χ0v) is 18.2. The Morgan fingerprint density at radius 1 is 0.963 bits per heavy atom. The van der Waals surface area contributed by atoms with Crippen LogP contribution >= 0.6 is 15.9 Å². The van der Waals surface area contributed by atoms with Crippen LogP contribution in [-0.2, 0) is 13.2 Å². The first-order valence-corrected chi connectivity index (χ1v) is 10.5. The molecular weight excluding hydrogens is 404 g/mol. The van der Waals surface area contributed by atoms with Gasteiger partial charge < -0.3 is 19.7 Å². The predicted molar refractivity (Wildman–Crippen MR) is 116 cm³/mol. The first-order chi connectivity index (χ1) is 13.2. The molecule has 2 aromatic carbocycles. The molecule has 2 rings (SSSR count). The van der Waals surface area contributed by atoms with Crippen LogP contribution in [0.25, 0.3) is 0 Å². The van der Waals surface area contributed by atoms with E-state index in [1.807, 2.05) is 25.1 Å². The van der Waals surface area contributed by atoms with E-state index in [0.717, 1.165) is 54.3 Å². The number of likely N-dealkylation sites (N-methyl/N-ethyl adjacent to an activating group) is 1. The van der Waals surface area contributed by atoms with Crippen LogP contribution in [0.2, 0.25) is 0 Å². The van der Waals surface area contributed by atoms with Crippen LogP contribution in [0, 0.1) is 0 Å². The SMILES string of the molecule is CCOc1cc(CNCCN(CC)CC)cc(Br)c1OCc1ccccc1. The van der Waals surface area contributed by atoms with Crippen molar-refractivity contribution in [2.75, 3.05) is 32.8 Å². The Bertz CT molecular complexity index is 676. The molecule has 0 aliphatic rings. The van der Waals surface area contributed by atoms with E-state index in [1.54, 1.807) is 0 Å². The van der Waals surface area contributed by atoms with Crippen molar-refractivity contribution >= 4 is 15.9 Å². The molecule has 0 heterocycles. The minimum absolute atomic E-state index is 0.515. The topological polar surface area (TPSA) is 33.7 Å². The lowest BCUT2D eigenvalue weighted by atomic mass is 10.2. The Labute approximate surface area is 172 Å². The first-order valence-electron chi connectivity index (χ1n) is 9.72. The fourth-order valence-corrected chi connectivity index (χ4v) is 3.47. The normalized spacial score (nSPS) is 11.0. The van der Waals surface area contributed by atoms with Crippen LogP contribution < -0.4 is 14.8 Å². The summed E-state index contributed by atoms with van der Waals surface area (Å²) < 4.78 is 12.8. The van der Waals surface area contributed by atoms with E-state index in [4.69, 9.17) is 9.47 Å². The van der Waals surface area contributed by atoms with E-state index in [9.17, 15) is 0 Å². The molecule has 0 saturated carbocycles. The molecule has 148 valence electrons. The molecule has 0 amide bonds. The first kappa shape index (κ1) is 21.7. The van der Waals surface area contributed by atoms with Crippen LogP contribution in [0.5, 0.6) is 11.5 Å². The molecule has 0 saturated heterocycles. The Balaban J connectivity index is 1.99. The second-order valence-corrected chi connectivity index (χ2v) is 7.17. The number of hydrogen-bond donors (Lipinski definition) is 1. The predicted octanol–water partition coefficient (Wildman–Crippen LogP) is 4.86. The van der Waals surface area contributed by atoms with Crippen molar-refractivity contribution in [2.24, 2.45) is 0 Å². The number of halogens is 1. The Hall–Kier alpha value is -1.56. The average molecular weight is 435 g/mol. The third kappa shape index (κ3) is 7.17. The summed E-state index contributed by atoms with van der Waals surface area (Å²) >= 11 is 3.66. The number of ether oxygens (including phenoxy) is 2. The standard InChI is InChI=1S/C22H31BrN2O2/c1-4-25(5-2)13-12-24-16-19-14-20(23)22(21(15-19)26-6-3)27-17-18-10-8-7-9-11-18/h7-11,14-15,24H,4-6,12-13,16-17H2,1-3H3. The van der Waals surface area contributed by atoms with Crippen molar-refractivity contribution in [3.63, 3.8) is 0 Å². The van der Waals surface area contributed by atoms with E-state index in [2.05, 4.69) is 64.3 Å². The van der Waals surface area contributed by atoms with Crippen LogP contribution in [0.15, 0.2) is 46.9 Å². The number of hydrogen-bond acceptors (Lipinski definition) is 4. The lowest BCUT2D eigenvalue weighted by molar-refractivity contribution is 0.267. The number of nitrogens with zero attached hydrogens (tertiary/aromatic N) is 1. The van der Waals surface area contributed by atoms with Crippen LogP contribution in [0.3, 0.4) is 0 Å². The van der Waals surface area contributed by atoms with Crippen molar-refractivity contribution in [1.82, 2.24) is 10.2 Å². The molecule has 0 aliphatic heterocycles. The van der Waals surface area contributed by atoms with Gasteiger partial charge in [-0.15, -0.1) is 0 Å². The molecule has 0 radical (unpaired) electrons. The van der Waals surface area contributed by atoms with Crippen LogP contribution in [0.1, 0.15) is 31.9 Å². The lowest BCUT2D eigenvalue weighted by Gasteiger charge is -2.18. The summed E-state index contributed by atoms with van der Waals surface area (Å²) in [6, 6.07) is 14.3. The molecule has 0 aromatic heterocycles. The molecule has 0 unspecified atom stereocenters. The molecule has 0 bridgehead atoms. The third-order valence-electron chi connectivity index (χ3n) is 4.42. The average Bonchev–Trinajstić information content (AvgIpc) is 2.68. The lowest BCUT2D eigenvalue weighted by Crippen LogP contribution is -2.31. The maximum absolute atomic E-state index is 6.05. The molecule has 1 N–H and O–H groups in total. The minimum Gasteiger partial charge on any atom is -0.490 e. The third-order valence-corrected chi connectivity index (χ3v) is 5.01. The van der Waals surface area contributed by atoms with E-state index in [0.29, 0.717) is 13.2 Å². The fraction of sp³-hybridized carbons (Fsp3) is 0.455. The highest BCUT2D eigenvalue weighted by Gasteiger charge is 2.13. The highest BCUT2D eigenvalue weighted by Crippen LogP contribution is 2.37. The molecular formula is C22H31BrN2O2. The van der Waals surface area contributed by atoms with Gasteiger partial charge in [-0.05, 0) is 59.2 Å². The largest absolute Gasteiger partial charge is 0.490 e. The Morgan fingerprint density at radius 3 is 2.37 bits per heavy atom. The molecule has 0 fully saturated rings. The fourth-order valence-electron chi connectivity index (χ4n) is 2.87. The van der Waals surface area contributed by atoms with Crippen molar-refractivity contribution in [1.29, 1.82) is 0 Å². The van der Waals surface area contributed by atoms with Gasteiger partial charge in [-0.3, -0.25) is 0 Å². The highest BCUT2D eigenvalue weighted by atomic mass is 79.9. The van der Waals surface area contributed by atoms with Crippen molar-refractivity contribution in [3.05, 3.63) is 58.1 Å². The minimum atomic E-state index is 0.515. The summed E-state index contributed by atoms with van der Waals surface area (Å²) in [6.45, 7) is 12.5. The van der Waals surface area contributed by atoms with E-state index in [1.165, 1.54) is 5.56 Å². The van der Waals surface area contributed by atoms with Gasteiger partial charge in [0.25, 0.3) is 0 Å². The molecule has 27 heavy (non-hydrogen) atoms. The summed E-state index contributed by atoms with van der Waals surface area (Å²) in [5.41, 5.74) is 2.31. The molecule has 0 aliphatic carbocycles. The van der Waals surface area contributed by atoms with Crippen molar-refractivity contribution < 1.29 is 9.47 Å². The molecule has 2 aromatic rings.